The molecule has 126 valence electrons. The highest BCUT2D eigenvalue weighted by Gasteiger charge is 2.29. The highest BCUT2D eigenvalue weighted by Crippen LogP contribution is 2.34. The Morgan fingerprint density at radius 2 is 0.962 bits per heavy atom. The second-order valence-corrected chi connectivity index (χ2v) is 7.50. The van der Waals surface area contributed by atoms with E-state index in [4.69, 9.17) is 0 Å². The number of benzene rings is 3. The van der Waals surface area contributed by atoms with Crippen LogP contribution < -0.4 is 0 Å². The Balaban J connectivity index is 1.67. The summed E-state index contributed by atoms with van der Waals surface area (Å²) in [7, 11) is 0. The molecule has 0 unspecified atom stereocenters. The van der Waals surface area contributed by atoms with Crippen molar-refractivity contribution in [2.45, 2.75) is 26.7 Å². The molecule has 0 saturated heterocycles. The van der Waals surface area contributed by atoms with Gasteiger partial charge >= 0.3 is 0 Å². The smallest absolute Gasteiger partial charge is 0.193 e. The highest BCUT2D eigenvalue weighted by atomic mass is 16.1. The van der Waals surface area contributed by atoms with Gasteiger partial charge in [0, 0.05) is 22.3 Å². The molecular weight excluding hydrogens is 320 g/mol. The molecule has 0 N–H and O–H groups in total. The van der Waals surface area contributed by atoms with Crippen LogP contribution in [-0.2, 0) is 12.8 Å². The predicted molar refractivity (Wildman–Crippen MR) is 101 cm³/mol. The summed E-state index contributed by atoms with van der Waals surface area (Å²) in [5.41, 5.74) is 9.31. The lowest BCUT2D eigenvalue weighted by atomic mass is 9.78. The molecule has 0 spiro atoms. The van der Waals surface area contributed by atoms with Gasteiger partial charge in [0.2, 0.25) is 0 Å². The van der Waals surface area contributed by atoms with Gasteiger partial charge in [-0.25, -0.2) is 0 Å². The number of hydrogen-bond donors (Lipinski definition) is 0. The quantitative estimate of drug-likeness (QED) is 0.414. The molecule has 0 atom stereocenters. The average Bonchev–Trinajstić information content (AvgIpc) is 2.62. The third-order valence-corrected chi connectivity index (χ3v) is 5.60. The molecule has 0 aliphatic heterocycles. The Morgan fingerprint density at radius 3 is 1.42 bits per heavy atom. The lowest BCUT2D eigenvalue weighted by Crippen LogP contribution is -2.21. The van der Waals surface area contributed by atoms with E-state index >= 15 is 0 Å². The first-order chi connectivity index (χ1) is 12.5. The maximum Gasteiger partial charge on any atom is 0.193 e. The lowest BCUT2D eigenvalue weighted by Gasteiger charge is -2.24. The molecule has 5 rings (SSSR count). The summed E-state index contributed by atoms with van der Waals surface area (Å²) >= 11 is 0. The monoisotopic (exact) mass is 338 g/mol. The van der Waals surface area contributed by atoms with Gasteiger partial charge in [0.1, 0.15) is 0 Å². The van der Waals surface area contributed by atoms with E-state index in [2.05, 4.69) is 18.2 Å². The number of hydrogen-bond acceptors (Lipinski definition) is 2. The molecule has 26 heavy (non-hydrogen) atoms. The van der Waals surface area contributed by atoms with E-state index < -0.39 is 0 Å². The third kappa shape index (κ3) is 2.12. The Bertz CT molecular complexity index is 1050. The summed E-state index contributed by atoms with van der Waals surface area (Å²) in [5, 5.41) is 0. The Hall–Kier alpha value is -3.00. The van der Waals surface area contributed by atoms with Crippen molar-refractivity contribution in [3.63, 3.8) is 0 Å². The van der Waals surface area contributed by atoms with Gasteiger partial charge < -0.3 is 0 Å². The van der Waals surface area contributed by atoms with Gasteiger partial charge in [0.05, 0.1) is 0 Å². The SMILES string of the molecule is Cc1ccc2c(c1)C(=O)c1cc3c(cc1C2)Cc1ccc(C)cc1C3=O. The van der Waals surface area contributed by atoms with Crippen molar-refractivity contribution in [3.05, 3.63) is 104 Å². The maximum atomic E-state index is 13.0. The van der Waals surface area contributed by atoms with Crippen LogP contribution in [-0.4, -0.2) is 11.6 Å². The standard InChI is InChI=1S/C24H18O2/c1-13-3-5-15-9-17-11-18-10-16-6-4-14(2)8-20(16)24(26)22(18)12-21(17)23(25)19(15)7-13/h3-8,11-12H,9-10H2,1-2H3. The minimum absolute atomic E-state index is 0.0376. The molecule has 0 aromatic heterocycles. The molecule has 2 nitrogen and oxygen atoms in total. The van der Waals surface area contributed by atoms with Crippen molar-refractivity contribution in [1.29, 1.82) is 0 Å². The molecule has 2 heteroatoms. The largest absolute Gasteiger partial charge is 0.289 e. The number of rotatable bonds is 0. The van der Waals surface area contributed by atoms with Crippen molar-refractivity contribution in [2.24, 2.45) is 0 Å². The number of carbonyl (C=O) groups excluding carboxylic acids is 2. The van der Waals surface area contributed by atoms with E-state index in [0.717, 1.165) is 57.3 Å². The number of ketones is 2. The van der Waals surface area contributed by atoms with Crippen LogP contribution in [0.2, 0.25) is 0 Å². The molecule has 0 saturated carbocycles. The second kappa shape index (κ2) is 5.25. The van der Waals surface area contributed by atoms with Crippen LogP contribution in [0.5, 0.6) is 0 Å². The van der Waals surface area contributed by atoms with Gasteiger partial charge in [-0.1, -0.05) is 41.5 Å². The van der Waals surface area contributed by atoms with Crippen molar-refractivity contribution < 1.29 is 9.59 Å². The highest BCUT2D eigenvalue weighted by molar-refractivity contribution is 6.17. The first-order valence-electron chi connectivity index (χ1n) is 8.95. The van der Waals surface area contributed by atoms with E-state index in [-0.39, 0.29) is 11.6 Å². The van der Waals surface area contributed by atoms with Crippen LogP contribution in [0.3, 0.4) is 0 Å². The van der Waals surface area contributed by atoms with E-state index in [1.807, 2.05) is 44.2 Å². The van der Waals surface area contributed by atoms with Crippen molar-refractivity contribution in [2.75, 3.05) is 0 Å². The summed E-state index contributed by atoms with van der Waals surface area (Å²) < 4.78 is 0. The Kier molecular flexibility index (Phi) is 3.08. The van der Waals surface area contributed by atoms with Gasteiger partial charge in [0.15, 0.2) is 11.6 Å². The molecule has 3 aromatic rings. The van der Waals surface area contributed by atoms with Gasteiger partial charge in [-0.3, -0.25) is 9.59 Å². The summed E-state index contributed by atoms with van der Waals surface area (Å²) in [6, 6.07) is 16.0. The first kappa shape index (κ1) is 15.3. The molecule has 0 bridgehead atoms. The fraction of sp³-hybridized carbons (Fsp3) is 0.167. The van der Waals surface area contributed by atoms with Gasteiger partial charge in [-0.15, -0.1) is 0 Å². The van der Waals surface area contributed by atoms with Crippen LogP contribution in [0.4, 0.5) is 0 Å². The van der Waals surface area contributed by atoms with Crippen molar-refractivity contribution in [1.82, 2.24) is 0 Å². The third-order valence-electron chi connectivity index (χ3n) is 5.60. The minimum Gasteiger partial charge on any atom is -0.289 e. The second-order valence-electron chi connectivity index (χ2n) is 7.50. The minimum atomic E-state index is 0.0376. The fourth-order valence-electron chi connectivity index (χ4n) is 4.22. The van der Waals surface area contributed by atoms with Crippen LogP contribution in [0.15, 0.2) is 48.5 Å². The lowest BCUT2D eigenvalue weighted by molar-refractivity contribution is 0.103. The first-order valence-corrected chi connectivity index (χ1v) is 8.95. The summed E-state index contributed by atoms with van der Waals surface area (Å²) in [4.78, 5) is 26.1. The predicted octanol–water partition coefficient (Wildman–Crippen LogP) is 4.57. The molecule has 0 heterocycles. The summed E-state index contributed by atoms with van der Waals surface area (Å²) in [6.07, 6.45) is 1.50. The molecule has 0 radical (unpaired) electrons. The van der Waals surface area contributed by atoms with E-state index in [0.29, 0.717) is 11.1 Å². The van der Waals surface area contributed by atoms with E-state index in [1.165, 1.54) is 0 Å². The molecule has 3 aromatic carbocycles. The Labute approximate surface area is 152 Å². The average molecular weight is 338 g/mol. The van der Waals surface area contributed by atoms with E-state index in [1.54, 1.807) is 0 Å². The fourth-order valence-corrected chi connectivity index (χ4v) is 4.22. The zero-order valence-electron chi connectivity index (χ0n) is 14.8. The van der Waals surface area contributed by atoms with Crippen LogP contribution in [0, 0.1) is 13.8 Å². The van der Waals surface area contributed by atoms with Crippen LogP contribution in [0.1, 0.15) is 65.2 Å². The van der Waals surface area contributed by atoms with Crippen molar-refractivity contribution >= 4 is 11.6 Å². The molecule has 0 amide bonds. The van der Waals surface area contributed by atoms with Gasteiger partial charge in [0.25, 0.3) is 0 Å². The Morgan fingerprint density at radius 1 is 0.538 bits per heavy atom. The molecule has 2 aliphatic rings. The van der Waals surface area contributed by atoms with Gasteiger partial charge in [-0.2, -0.15) is 0 Å². The van der Waals surface area contributed by atoms with E-state index in [9.17, 15) is 9.59 Å². The number of aryl methyl sites for hydroxylation is 2. The van der Waals surface area contributed by atoms with Crippen molar-refractivity contribution in [3.8, 4) is 0 Å². The number of carbonyl (C=O) groups is 2. The normalized spacial score (nSPS) is 14.4. The number of fused-ring (bicyclic) bond motifs is 4. The maximum absolute atomic E-state index is 13.0. The zero-order chi connectivity index (χ0) is 18.0. The topological polar surface area (TPSA) is 34.1 Å². The summed E-state index contributed by atoms with van der Waals surface area (Å²) in [5.74, 6) is 0.0752. The zero-order valence-corrected chi connectivity index (χ0v) is 14.8. The van der Waals surface area contributed by atoms with Crippen LogP contribution >= 0.6 is 0 Å². The molecule has 0 fully saturated rings. The van der Waals surface area contributed by atoms with Gasteiger partial charge in [-0.05, 0) is 67.1 Å². The molecule has 2 aliphatic carbocycles. The molecular formula is C24H18O2. The van der Waals surface area contributed by atoms with Crippen LogP contribution in [0.25, 0.3) is 0 Å². The summed E-state index contributed by atoms with van der Waals surface area (Å²) in [6.45, 7) is 4.00.